The molecule has 7 heteroatoms. The predicted molar refractivity (Wildman–Crippen MR) is 77.2 cm³/mol. The normalized spacial score (nSPS) is 10.1. The van der Waals surface area contributed by atoms with Gasteiger partial charge in [0.05, 0.1) is 17.4 Å². The van der Waals surface area contributed by atoms with E-state index in [1.54, 1.807) is 12.1 Å². The number of aromatic nitrogens is 1. The molecule has 0 aliphatic heterocycles. The number of hydrogen-bond donors (Lipinski definition) is 2. The Morgan fingerprint density at radius 1 is 1.18 bits per heavy atom. The van der Waals surface area contributed by atoms with Crippen molar-refractivity contribution in [2.45, 2.75) is 0 Å². The van der Waals surface area contributed by atoms with Gasteiger partial charge >= 0.3 is 0 Å². The maximum Gasteiger partial charge on any atom is 0.258 e. The Labute approximate surface area is 124 Å². The molecular weight excluding hydrogens is 295 g/mol. The summed E-state index contributed by atoms with van der Waals surface area (Å²) < 4.78 is 39.4. The van der Waals surface area contributed by atoms with Crippen molar-refractivity contribution >= 4 is 17.4 Å². The third-order valence-electron chi connectivity index (χ3n) is 2.73. The lowest BCUT2D eigenvalue weighted by atomic mass is 10.2. The molecule has 0 saturated heterocycles. The minimum absolute atomic E-state index is 0.290. The number of amides is 1. The zero-order valence-corrected chi connectivity index (χ0v) is 11.4. The smallest absolute Gasteiger partial charge is 0.258 e. The summed E-state index contributed by atoms with van der Waals surface area (Å²) in [6.07, 6.45) is 3.00. The third kappa shape index (κ3) is 3.43. The first kappa shape index (κ1) is 15.6. The summed E-state index contributed by atoms with van der Waals surface area (Å²) in [5.74, 6) is -4.90. The fourth-order valence-corrected chi connectivity index (χ4v) is 1.65. The summed E-state index contributed by atoms with van der Waals surface area (Å²) in [7, 11) is 0. The van der Waals surface area contributed by atoms with Crippen molar-refractivity contribution in [3.05, 3.63) is 66.1 Å². The molecule has 114 valence electrons. The molecule has 0 spiro atoms. The van der Waals surface area contributed by atoms with Crippen LogP contribution in [0.1, 0.15) is 10.4 Å². The summed E-state index contributed by atoms with van der Waals surface area (Å²) in [6.45, 7) is 4.07. The topological polar surface area (TPSA) is 54.0 Å². The van der Waals surface area contributed by atoms with Crippen molar-refractivity contribution in [3.8, 4) is 0 Å². The van der Waals surface area contributed by atoms with Crippen LogP contribution in [0.5, 0.6) is 0 Å². The van der Waals surface area contributed by atoms with Gasteiger partial charge < -0.3 is 10.6 Å². The van der Waals surface area contributed by atoms with E-state index < -0.39 is 28.9 Å². The molecule has 2 aromatic rings. The molecule has 0 radical (unpaired) electrons. The Bertz CT molecular complexity index is 702. The first-order valence-electron chi connectivity index (χ1n) is 6.28. The highest BCUT2D eigenvalue weighted by Crippen LogP contribution is 2.17. The molecule has 22 heavy (non-hydrogen) atoms. The number of rotatable bonds is 5. The second-order valence-electron chi connectivity index (χ2n) is 4.28. The van der Waals surface area contributed by atoms with Gasteiger partial charge in [0.25, 0.3) is 5.91 Å². The number of hydrogen-bond acceptors (Lipinski definition) is 3. The molecule has 0 aliphatic rings. The Morgan fingerprint density at radius 3 is 2.59 bits per heavy atom. The van der Waals surface area contributed by atoms with Crippen molar-refractivity contribution < 1.29 is 18.0 Å². The van der Waals surface area contributed by atoms with Crippen molar-refractivity contribution in [2.75, 3.05) is 17.2 Å². The zero-order chi connectivity index (χ0) is 16.1. The van der Waals surface area contributed by atoms with Gasteiger partial charge in [0.15, 0.2) is 17.5 Å². The number of benzene rings is 1. The van der Waals surface area contributed by atoms with E-state index >= 15 is 0 Å². The molecule has 1 aromatic heterocycles. The molecule has 0 bridgehead atoms. The van der Waals surface area contributed by atoms with Crippen LogP contribution in [0.2, 0.25) is 0 Å². The molecule has 0 aliphatic carbocycles. The second kappa shape index (κ2) is 6.75. The van der Waals surface area contributed by atoms with Gasteiger partial charge in [-0.1, -0.05) is 6.08 Å². The molecule has 0 fully saturated rings. The van der Waals surface area contributed by atoms with Crippen LogP contribution in [0.15, 0.2) is 43.1 Å². The number of anilines is 2. The molecule has 0 saturated carbocycles. The predicted octanol–water partition coefficient (Wildman–Crippen LogP) is 3.35. The summed E-state index contributed by atoms with van der Waals surface area (Å²) in [5, 5.41) is 5.29. The van der Waals surface area contributed by atoms with Crippen LogP contribution in [0.4, 0.5) is 24.7 Å². The van der Waals surface area contributed by atoms with Crippen LogP contribution in [-0.2, 0) is 0 Å². The molecule has 2 rings (SSSR count). The Balaban J connectivity index is 2.12. The maximum absolute atomic E-state index is 13.5. The molecule has 2 N–H and O–H groups in total. The highest BCUT2D eigenvalue weighted by Gasteiger charge is 2.18. The first-order chi connectivity index (χ1) is 10.5. The van der Waals surface area contributed by atoms with Crippen LogP contribution in [0, 0.1) is 17.5 Å². The van der Waals surface area contributed by atoms with Crippen LogP contribution in [0.25, 0.3) is 0 Å². The fraction of sp³-hybridized carbons (Fsp3) is 0.0667. The van der Waals surface area contributed by atoms with E-state index in [0.717, 1.165) is 6.07 Å². The molecule has 0 atom stereocenters. The average molecular weight is 307 g/mol. The second-order valence-corrected chi connectivity index (χ2v) is 4.28. The van der Waals surface area contributed by atoms with E-state index in [1.165, 1.54) is 12.3 Å². The maximum atomic E-state index is 13.5. The van der Waals surface area contributed by atoms with Gasteiger partial charge in [-0.2, -0.15) is 0 Å². The highest BCUT2D eigenvalue weighted by molar-refractivity contribution is 6.04. The molecule has 1 aromatic carbocycles. The van der Waals surface area contributed by atoms with Gasteiger partial charge in [-0.3, -0.25) is 4.79 Å². The van der Waals surface area contributed by atoms with Gasteiger partial charge in [-0.25, -0.2) is 18.2 Å². The van der Waals surface area contributed by atoms with Crippen LogP contribution in [-0.4, -0.2) is 17.4 Å². The SMILES string of the molecule is C=CCNc1ccc(NC(=O)c2ccc(F)c(F)c2F)cn1. The highest BCUT2D eigenvalue weighted by atomic mass is 19.2. The summed E-state index contributed by atoms with van der Waals surface area (Å²) in [6, 6.07) is 4.69. The van der Waals surface area contributed by atoms with Gasteiger partial charge in [-0.15, -0.1) is 6.58 Å². The van der Waals surface area contributed by atoms with Gasteiger partial charge in [0, 0.05) is 6.54 Å². The Hall–Kier alpha value is -2.83. The number of carbonyl (C=O) groups is 1. The van der Waals surface area contributed by atoms with E-state index in [4.69, 9.17) is 0 Å². The third-order valence-corrected chi connectivity index (χ3v) is 2.73. The molecule has 4 nitrogen and oxygen atoms in total. The van der Waals surface area contributed by atoms with Crippen molar-refractivity contribution in [1.82, 2.24) is 4.98 Å². The molecular formula is C15H12F3N3O. The lowest BCUT2D eigenvalue weighted by Crippen LogP contribution is -2.15. The number of carbonyl (C=O) groups excluding carboxylic acids is 1. The van der Waals surface area contributed by atoms with Gasteiger partial charge in [-0.05, 0) is 24.3 Å². The van der Waals surface area contributed by atoms with Crippen molar-refractivity contribution in [1.29, 1.82) is 0 Å². The van der Waals surface area contributed by atoms with Crippen LogP contribution in [0.3, 0.4) is 0 Å². The van der Waals surface area contributed by atoms with E-state index in [9.17, 15) is 18.0 Å². The summed E-state index contributed by atoms with van der Waals surface area (Å²) in [5.41, 5.74) is -0.300. The molecule has 0 unspecified atom stereocenters. The quantitative estimate of drug-likeness (QED) is 0.658. The van der Waals surface area contributed by atoms with Gasteiger partial charge in [0.2, 0.25) is 0 Å². The number of halogens is 3. The minimum atomic E-state index is -1.69. The van der Waals surface area contributed by atoms with Crippen molar-refractivity contribution in [2.24, 2.45) is 0 Å². The Morgan fingerprint density at radius 2 is 1.95 bits per heavy atom. The lowest BCUT2D eigenvalue weighted by Gasteiger charge is -2.08. The number of pyridine rings is 1. The van der Waals surface area contributed by atoms with E-state index in [0.29, 0.717) is 24.1 Å². The van der Waals surface area contributed by atoms with Crippen molar-refractivity contribution in [3.63, 3.8) is 0 Å². The van der Waals surface area contributed by atoms with E-state index in [2.05, 4.69) is 22.2 Å². The summed E-state index contributed by atoms with van der Waals surface area (Å²) in [4.78, 5) is 15.9. The number of nitrogens with zero attached hydrogens (tertiary/aromatic N) is 1. The monoisotopic (exact) mass is 307 g/mol. The average Bonchev–Trinajstić information content (AvgIpc) is 2.52. The van der Waals surface area contributed by atoms with Crippen LogP contribution >= 0.6 is 0 Å². The molecule has 1 amide bonds. The standard InChI is InChI=1S/C15H12F3N3O/c1-2-7-19-12-6-3-9(8-20-12)21-15(22)10-4-5-11(16)14(18)13(10)17/h2-6,8H,1,7H2,(H,19,20)(H,21,22). The number of nitrogens with one attached hydrogen (secondary N) is 2. The van der Waals surface area contributed by atoms with E-state index in [1.807, 2.05) is 0 Å². The fourth-order valence-electron chi connectivity index (χ4n) is 1.65. The van der Waals surface area contributed by atoms with E-state index in [-0.39, 0.29) is 0 Å². The van der Waals surface area contributed by atoms with Crippen LogP contribution < -0.4 is 10.6 Å². The molecule has 1 heterocycles. The Kier molecular flexibility index (Phi) is 4.77. The zero-order valence-electron chi connectivity index (χ0n) is 11.4. The largest absolute Gasteiger partial charge is 0.367 e. The lowest BCUT2D eigenvalue weighted by molar-refractivity contribution is 0.102. The summed E-state index contributed by atoms with van der Waals surface area (Å²) >= 11 is 0. The minimum Gasteiger partial charge on any atom is -0.367 e. The van der Waals surface area contributed by atoms with Gasteiger partial charge in [0.1, 0.15) is 5.82 Å². The first-order valence-corrected chi connectivity index (χ1v) is 6.28.